The predicted octanol–water partition coefficient (Wildman–Crippen LogP) is 9.56. The van der Waals surface area contributed by atoms with E-state index in [1.807, 2.05) is 0 Å². The van der Waals surface area contributed by atoms with Crippen molar-refractivity contribution in [2.45, 2.75) is 129 Å². The van der Waals surface area contributed by atoms with Gasteiger partial charge >= 0.3 is 0 Å². The van der Waals surface area contributed by atoms with Crippen LogP contribution in [0.4, 0.5) is 4.39 Å². The molecule has 0 saturated heterocycles. The molecule has 212 valence electrons. The van der Waals surface area contributed by atoms with Crippen molar-refractivity contribution in [2.24, 2.45) is 5.41 Å². The molecule has 0 aliphatic heterocycles. The van der Waals surface area contributed by atoms with Gasteiger partial charge in [0.25, 0.3) is 0 Å². The monoisotopic (exact) mass is 549 g/mol. The maximum absolute atomic E-state index is 13.9. The number of allylic oxidation sites excluding steroid dienone is 2. The number of fused-ring (bicyclic) bond motifs is 1. The molecule has 1 aromatic heterocycles. The fourth-order valence-corrected chi connectivity index (χ4v) is 8.04. The highest BCUT2D eigenvalue weighted by molar-refractivity contribution is 6.74. The summed E-state index contributed by atoms with van der Waals surface area (Å²) in [5.41, 5.74) is 7.80. The van der Waals surface area contributed by atoms with Crippen LogP contribution in [0.5, 0.6) is 0 Å². The number of halogens is 1. The van der Waals surface area contributed by atoms with Gasteiger partial charge in [0.05, 0.1) is 11.8 Å². The minimum Gasteiger partial charge on any atom is -0.410 e. The Morgan fingerprint density at radius 1 is 1.08 bits per heavy atom. The third-order valence-electron chi connectivity index (χ3n) is 9.89. The zero-order valence-corrected chi connectivity index (χ0v) is 26.2. The van der Waals surface area contributed by atoms with E-state index in [0.29, 0.717) is 5.92 Å². The van der Waals surface area contributed by atoms with Gasteiger partial charge in [-0.15, -0.1) is 0 Å². The number of pyridine rings is 1. The Hall–Kier alpha value is -1.82. The zero-order chi connectivity index (χ0) is 28.2. The molecule has 1 aromatic carbocycles. The SMILES string of the molecule is CC1(C)Cc2nc(C3CCCC3)c([C@H](O)c3ccc(F)cc3)c(C3=CCCC3)c2[C@@H](O[Si](C)(C)C(C)(C)C)C1. The van der Waals surface area contributed by atoms with E-state index >= 15 is 0 Å². The van der Waals surface area contributed by atoms with E-state index in [-0.39, 0.29) is 22.4 Å². The van der Waals surface area contributed by atoms with Gasteiger partial charge in [-0.1, -0.05) is 65.7 Å². The van der Waals surface area contributed by atoms with Crippen LogP contribution in [-0.4, -0.2) is 18.4 Å². The summed E-state index contributed by atoms with van der Waals surface area (Å²) in [6.45, 7) is 16.3. The molecule has 3 aliphatic carbocycles. The van der Waals surface area contributed by atoms with Gasteiger partial charge in [-0.3, -0.25) is 4.98 Å². The second-order valence-corrected chi connectivity index (χ2v) is 19.4. The average Bonchev–Trinajstić information content (AvgIpc) is 3.56. The van der Waals surface area contributed by atoms with E-state index in [9.17, 15) is 9.50 Å². The molecule has 0 amide bonds. The summed E-state index contributed by atoms with van der Waals surface area (Å²) in [6.07, 6.45) is 11.2. The second-order valence-electron chi connectivity index (χ2n) is 14.6. The molecule has 1 heterocycles. The predicted molar refractivity (Wildman–Crippen MR) is 161 cm³/mol. The minimum atomic E-state index is -2.09. The number of hydrogen-bond donors (Lipinski definition) is 1. The highest BCUT2D eigenvalue weighted by atomic mass is 28.4. The highest BCUT2D eigenvalue weighted by Crippen LogP contribution is 2.53. The number of aromatic nitrogens is 1. The van der Waals surface area contributed by atoms with Gasteiger partial charge in [0, 0.05) is 22.7 Å². The number of aliphatic hydroxyl groups is 1. The Bertz CT molecular complexity index is 1240. The first-order valence-corrected chi connectivity index (χ1v) is 18.1. The third kappa shape index (κ3) is 5.69. The van der Waals surface area contributed by atoms with E-state index < -0.39 is 14.4 Å². The molecule has 2 atom stereocenters. The normalized spacial score (nSPS) is 22.6. The smallest absolute Gasteiger partial charge is 0.192 e. The van der Waals surface area contributed by atoms with Crippen LogP contribution in [0.2, 0.25) is 18.1 Å². The minimum absolute atomic E-state index is 0.0505. The van der Waals surface area contributed by atoms with Crippen molar-refractivity contribution < 1.29 is 13.9 Å². The number of aliphatic hydroxyl groups excluding tert-OH is 1. The van der Waals surface area contributed by atoms with Crippen molar-refractivity contribution in [1.29, 1.82) is 0 Å². The van der Waals surface area contributed by atoms with Gasteiger partial charge in [0.2, 0.25) is 0 Å². The van der Waals surface area contributed by atoms with Gasteiger partial charge in [0.15, 0.2) is 8.32 Å². The molecular weight excluding hydrogens is 501 g/mol. The molecule has 1 fully saturated rings. The lowest BCUT2D eigenvalue weighted by Crippen LogP contribution is -2.44. The number of benzene rings is 1. The first kappa shape index (κ1) is 28.7. The summed E-state index contributed by atoms with van der Waals surface area (Å²) >= 11 is 0. The van der Waals surface area contributed by atoms with Crippen LogP contribution in [0.1, 0.15) is 138 Å². The van der Waals surface area contributed by atoms with Crippen molar-refractivity contribution in [3.05, 3.63) is 69.8 Å². The lowest BCUT2D eigenvalue weighted by molar-refractivity contribution is 0.105. The number of rotatable bonds is 6. The third-order valence-corrected chi connectivity index (χ3v) is 14.4. The van der Waals surface area contributed by atoms with E-state index in [2.05, 4.69) is 53.8 Å². The maximum atomic E-state index is 13.9. The molecule has 1 N–H and O–H groups in total. The molecule has 1 saturated carbocycles. The molecule has 0 unspecified atom stereocenters. The summed E-state index contributed by atoms with van der Waals surface area (Å²) in [4.78, 5) is 5.50. The van der Waals surface area contributed by atoms with Crippen LogP contribution < -0.4 is 0 Å². The largest absolute Gasteiger partial charge is 0.410 e. The van der Waals surface area contributed by atoms with E-state index in [0.717, 1.165) is 61.8 Å². The molecule has 3 nitrogen and oxygen atoms in total. The maximum Gasteiger partial charge on any atom is 0.192 e. The van der Waals surface area contributed by atoms with Gasteiger partial charge in [-0.25, -0.2) is 4.39 Å². The standard InChI is InChI=1S/C34H48FNO2Si/c1-33(2,3)39(6,7)38-27-21-34(4,5)20-26-29(27)28(22-12-8-9-13-22)30(31(36-26)23-14-10-11-15-23)32(37)24-16-18-25(35)19-17-24/h12,16-19,23,27,32,37H,8-11,13-15,20-21H2,1-7H3/t27-,32+/m0/s1. The van der Waals surface area contributed by atoms with E-state index in [1.165, 1.54) is 47.4 Å². The Kier molecular flexibility index (Phi) is 7.75. The molecule has 5 heteroatoms. The molecule has 0 radical (unpaired) electrons. The number of nitrogens with zero attached hydrogens (tertiary/aromatic N) is 1. The Labute approximate surface area is 236 Å². The van der Waals surface area contributed by atoms with Crippen LogP contribution in [0.25, 0.3) is 5.57 Å². The van der Waals surface area contributed by atoms with Crippen LogP contribution in [0.3, 0.4) is 0 Å². The van der Waals surface area contributed by atoms with Crippen molar-refractivity contribution in [1.82, 2.24) is 4.98 Å². The zero-order valence-electron chi connectivity index (χ0n) is 25.2. The molecule has 2 aromatic rings. The van der Waals surface area contributed by atoms with Crippen LogP contribution in [0.15, 0.2) is 30.3 Å². The molecule has 3 aliphatic rings. The summed E-state index contributed by atoms with van der Waals surface area (Å²) in [6, 6.07) is 6.38. The average molecular weight is 550 g/mol. The topological polar surface area (TPSA) is 42.4 Å². The highest BCUT2D eigenvalue weighted by Gasteiger charge is 2.45. The lowest BCUT2D eigenvalue weighted by Gasteiger charge is -2.45. The van der Waals surface area contributed by atoms with Crippen LogP contribution >= 0.6 is 0 Å². The Morgan fingerprint density at radius 3 is 2.33 bits per heavy atom. The van der Waals surface area contributed by atoms with Gasteiger partial charge in [-0.05, 0) is 97.3 Å². The summed E-state index contributed by atoms with van der Waals surface area (Å²) < 4.78 is 21.2. The van der Waals surface area contributed by atoms with E-state index in [4.69, 9.17) is 9.41 Å². The molecule has 39 heavy (non-hydrogen) atoms. The summed E-state index contributed by atoms with van der Waals surface area (Å²) in [5, 5.41) is 12.2. The van der Waals surface area contributed by atoms with Crippen LogP contribution in [0, 0.1) is 11.2 Å². The molecule has 0 bridgehead atoms. The lowest BCUT2D eigenvalue weighted by atomic mass is 9.71. The first-order valence-electron chi connectivity index (χ1n) is 15.1. The molecule has 5 rings (SSSR count). The summed E-state index contributed by atoms with van der Waals surface area (Å²) in [5.74, 6) is 0.0697. The molecule has 0 spiro atoms. The Morgan fingerprint density at radius 2 is 1.74 bits per heavy atom. The van der Waals surface area contributed by atoms with Crippen molar-refractivity contribution in [2.75, 3.05) is 0 Å². The fraction of sp³-hybridized carbons (Fsp3) is 0.618. The van der Waals surface area contributed by atoms with Gasteiger partial charge in [0.1, 0.15) is 11.9 Å². The van der Waals surface area contributed by atoms with E-state index in [1.54, 1.807) is 12.1 Å². The van der Waals surface area contributed by atoms with Crippen molar-refractivity contribution >= 4 is 13.9 Å². The van der Waals surface area contributed by atoms with Crippen molar-refractivity contribution in [3.8, 4) is 0 Å². The number of hydrogen-bond acceptors (Lipinski definition) is 3. The fourth-order valence-electron chi connectivity index (χ4n) is 6.77. The summed E-state index contributed by atoms with van der Waals surface area (Å²) in [7, 11) is -2.09. The molecular formula is C34H48FNO2Si. The van der Waals surface area contributed by atoms with Gasteiger partial charge in [-0.2, -0.15) is 0 Å². The Balaban J connectivity index is 1.78. The second kappa shape index (κ2) is 10.5. The van der Waals surface area contributed by atoms with Gasteiger partial charge < -0.3 is 9.53 Å². The van der Waals surface area contributed by atoms with Crippen LogP contribution in [-0.2, 0) is 10.8 Å². The quantitative estimate of drug-likeness (QED) is 0.365. The van der Waals surface area contributed by atoms with Crippen molar-refractivity contribution in [3.63, 3.8) is 0 Å². The first-order chi connectivity index (χ1) is 18.3.